The van der Waals surface area contributed by atoms with Crippen molar-refractivity contribution in [1.82, 2.24) is 19.9 Å². The zero-order chi connectivity index (χ0) is 28.8. The molecule has 3 aromatic heterocycles. The van der Waals surface area contributed by atoms with E-state index in [0.717, 1.165) is 6.20 Å². The second-order valence-electron chi connectivity index (χ2n) is 11.2. The molecule has 0 spiro atoms. The van der Waals surface area contributed by atoms with E-state index in [1.807, 2.05) is 0 Å². The number of carbonyl (C=O) groups is 1. The van der Waals surface area contributed by atoms with Crippen molar-refractivity contribution in [2.75, 3.05) is 0 Å². The number of rotatable bonds is 4. The molecule has 208 valence electrons. The van der Waals surface area contributed by atoms with E-state index in [2.05, 4.69) is 20.2 Å². The Hall–Kier alpha value is -4.50. The van der Waals surface area contributed by atoms with Gasteiger partial charge in [0.2, 0.25) is 5.54 Å². The van der Waals surface area contributed by atoms with Crippen molar-refractivity contribution in [1.29, 1.82) is 0 Å². The first-order chi connectivity index (χ1) is 19.5. The number of pyridine rings is 2. The molecule has 1 amide bonds. The van der Waals surface area contributed by atoms with E-state index >= 15 is 8.78 Å². The fourth-order valence-electron chi connectivity index (χ4n) is 6.84. The molecule has 1 fully saturated rings. The van der Waals surface area contributed by atoms with E-state index in [1.54, 1.807) is 13.0 Å². The standard InChI is InChI=1S/C29H22F4N6O2/c1-28(35-2)11-29(34,12-28)25-17(30)6-13(9-36-25)15-8-20-23-16-7-19(24(23)38-39(20)10-18(15)31)37-26(40)14-4-3-5-21(22(14)16)41-27(32)33/h3-6,8-10,16,19,27H,7,11-12,34H2,1H3,(H,37,40)/t16-,19-,28?,29?/m1/s1. The van der Waals surface area contributed by atoms with Gasteiger partial charge in [0, 0.05) is 59.7 Å². The van der Waals surface area contributed by atoms with Crippen LogP contribution < -0.4 is 15.8 Å². The van der Waals surface area contributed by atoms with Gasteiger partial charge < -0.3 is 20.6 Å². The number of fused-ring (bicyclic) bond motifs is 9. The number of ether oxygens (including phenoxy) is 1. The molecule has 7 rings (SSSR count). The van der Waals surface area contributed by atoms with Crippen molar-refractivity contribution in [2.24, 2.45) is 5.73 Å². The smallest absolute Gasteiger partial charge is 0.387 e. The van der Waals surface area contributed by atoms with Crippen LogP contribution in [0.1, 0.15) is 71.0 Å². The summed E-state index contributed by atoms with van der Waals surface area (Å²) in [5.41, 5.74) is 6.99. The minimum absolute atomic E-state index is 0.0260. The maximum Gasteiger partial charge on any atom is 0.387 e. The van der Waals surface area contributed by atoms with E-state index in [9.17, 15) is 13.6 Å². The Bertz CT molecular complexity index is 1820. The predicted molar refractivity (Wildman–Crippen MR) is 138 cm³/mol. The number of amides is 1. The lowest BCUT2D eigenvalue weighted by molar-refractivity contribution is -0.0505. The van der Waals surface area contributed by atoms with E-state index in [-0.39, 0.29) is 41.0 Å². The van der Waals surface area contributed by atoms with Crippen LogP contribution >= 0.6 is 0 Å². The lowest BCUT2D eigenvalue weighted by atomic mass is 9.63. The van der Waals surface area contributed by atoms with Crippen LogP contribution in [0, 0.1) is 18.2 Å². The number of benzene rings is 1. The second-order valence-corrected chi connectivity index (χ2v) is 11.2. The van der Waals surface area contributed by atoms with E-state index < -0.39 is 47.2 Å². The zero-order valence-corrected chi connectivity index (χ0v) is 21.6. The molecule has 8 nitrogen and oxygen atoms in total. The highest BCUT2D eigenvalue weighted by Gasteiger charge is 2.58. The Morgan fingerprint density at radius 3 is 2.68 bits per heavy atom. The Kier molecular flexibility index (Phi) is 5.28. The molecule has 2 bridgehead atoms. The van der Waals surface area contributed by atoms with Crippen LogP contribution in [0.25, 0.3) is 21.5 Å². The van der Waals surface area contributed by atoms with Crippen LogP contribution in [0.15, 0.2) is 42.7 Å². The quantitative estimate of drug-likeness (QED) is 0.263. The maximum atomic E-state index is 15.4. The molecular weight excluding hydrogens is 540 g/mol. The van der Waals surface area contributed by atoms with Gasteiger partial charge in [-0.15, -0.1) is 0 Å². The van der Waals surface area contributed by atoms with Gasteiger partial charge in [-0.3, -0.25) is 9.78 Å². The largest absolute Gasteiger partial charge is 0.434 e. The van der Waals surface area contributed by atoms with Crippen LogP contribution in [0.4, 0.5) is 17.6 Å². The molecular formula is C29H22F4N6O2. The molecule has 12 heteroatoms. The molecule has 2 aliphatic carbocycles. The third-order valence-corrected chi connectivity index (χ3v) is 8.40. The molecule has 4 aromatic rings. The highest BCUT2D eigenvalue weighted by Crippen LogP contribution is 2.52. The summed E-state index contributed by atoms with van der Waals surface area (Å²) in [7, 11) is 0. The summed E-state index contributed by atoms with van der Waals surface area (Å²) in [6.45, 7) is 5.98. The lowest BCUT2D eigenvalue weighted by Crippen LogP contribution is -2.57. The van der Waals surface area contributed by atoms with E-state index in [0.29, 0.717) is 28.8 Å². The van der Waals surface area contributed by atoms with Gasteiger partial charge in [-0.25, -0.2) is 19.9 Å². The molecule has 3 N–H and O–H groups in total. The molecule has 41 heavy (non-hydrogen) atoms. The number of nitrogens with zero attached hydrogens (tertiary/aromatic N) is 4. The first-order valence-electron chi connectivity index (χ1n) is 12.9. The third-order valence-electron chi connectivity index (χ3n) is 8.40. The number of aromatic nitrogens is 3. The zero-order valence-electron chi connectivity index (χ0n) is 21.6. The van der Waals surface area contributed by atoms with Gasteiger partial charge in [0.1, 0.15) is 17.4 Å². The second kappa shape index (κ2) is 8.50. The predicted octanol–water partition coefficient (Wildman–Crippen LogP) is 5.22. The SMILES string of the molecule is [C-]#[N+]C1(C)CC(N)(c2ncc(-c3cc4c5c(nn4cc3F)[C@H]3C[C@@H]5c4c(OC(F)F)cccc4C(=O)N3)cc2F)C1. The summed E-state index contributed by atoms with van der Waals surface area (Å²) in [6, 6.07) is 6.57. The van der Waals surface area contributed by atoms with Crippen molar-refractivity contribution in [2.45, 2.75) is 55.8 Å². The van der Waals surface area contributed by atoms with Crippen LogP contribution in [-0.2, 0) is 5.54 Å². The summed E-state index contributed by atoms with van der Waals surface area (Å²) in [5, 5.41) is 7.41. The Labute approximate surface area is 230 Å². The minimum atomic E-state index is -3.10. The molecule has 3 aliphatic rings. The summed E-state index contributed by atoms with van der Waals surface area (Å²) in [4.78, 5) is 20.8. The van der Waals surface area contributed by atoms with Gasteiger partial charge in [0.15, 0.2) is 0 Å². The average Bonchev–Trinajstić information content (AvgIpc) is 3.38. The molecule has 0 unspecified atom stereocenters. The van der Waals surface area contributed by atoms with Crippen LogP contribution in [0.2, 0.25) is 0 Å². The van der Waals surface area contributed by atoms with Gasteiger partial charge >= 0.3 is 6.61 Å². The van der Waals surface area contributed by atoms with Crippen molar-refractivity contribution in [3.8, 4) is 16.9 Å². The molecule has 1 aliphatic heterocycles. The molecule has 0 radical (unpaired) electrons. The highest BCUT2D eigenvalue weighted by molar-refractivity contribution is 5.98. The van der Waals surface area contributed by atoms with Gasteiger partial charge in [-0.1, -0.05) is 6.07 Å². The number of hydrogen-bond acceptors (Lipinski definition) is 5. The third kappa shape index (κ3) is 3.72. The van der Waals surface area contributed by atoms with Gasteiger partial charge in [0.05, 0.1) is 34.7 Å². The number of nitrogens with one attached hydrogen (secondary N) is 1. The van der Waals surface area contributed by atoms with E-state index in [4.69, 9.17) is 17.0 Å². The molecule has 1 saturated carbocycles. The van der Waals surface area contributed by atoms with Gasteiger partial charge in [0.25, 0.3) is 5.91 Å². The molecule has 2 atom stereocenters. The number of halogens is 4. The topological polar surface area (TPSA) is 98.9 Å². The number of hydrogen-bond donors (Lipinski definition) is 2. The fourth-order valence-corrected chi connectivity index (χ4v) is 6.84. The molecule has 0 saturated heterocycles. The average molecular weight is 563 g/mol. The minimum Gasteiger partial charge on any atom is -0.434 e. The maximum absolute atomic E-state index is 15.4. The van der Waals surface area contributed by atoms with Gasteiger partial charge in [-0.05, 0) is 30.7 Å². The summed E-state index contributed by atoms with van der Waals surface area (Å²) in [6.07, 6.45) is 3.37. The normalized spacial score (nSPS) is 26.1. The number of carbonyl (C=O) groups excluding carboxylic acids is 1. The van der Waals surface area contributed by atoms with Gasteiger partial charge in [-0.2, -0.15) is 13.9 Å². The fraction of sp³-hybridized carbons (Fsp3) is 0.310. The first-order valence-corrected chi connectivity index (χ1v) is 12.9. The highest BCUT2D eigenvalue weighted by atomic mass is 19.3. The number of alkyl halides is 2. The molecule has 4 heterocycles. The summed E-state index contributed by atoms with van der Waals surface area (Å²) < 4.78 is 63.4. The Balaban J connectivity index is 1.34. The Morgan fingerprint density at radius 2 is 1.98 bits per heavy atom. The summed E-state index contributed by atoms with van der Waals surface area (Å²) >= 11 is 0. The molecule has 1 aromatic carbocycles. The summed E-state index contributed by atoms with van der Waals surface area (Å²) in [5.74, 6) is -2.49. The Morgan fingerprint density at radius 1 is 1.20 bits per heavy atom. The lowest BCUT2D eigenvalue weighted by Gasteiger charge is -2.44. The van der Waals surface area contributed by atoms with Crippen molar-refractivity contribution in [3.63, 3.8) is 0 Å². The van der Waals surface area contributed by atoms with E-state index in [1.165, 1.54) is 35.0 Å². The van der Waals surface area contributed by atoms with Crippen LogP contribution in [-0.4, -0.2) is 32.7 Å². The van der Waals surface area contributed by atoms with Crippen LogP contribution in [0.5, 0.6) is 5.75 Å². The first kappa shape index (κ1) is 25.5. The van der Waals surface area contributed by atoms with Crippen LogP contribution in [0.3, 0.4) is 0 Å². The monoisotopic (exact) mass is 562 g/mol. The number of nitrogens with two attached hydrogens (primary N) is 1. The van der Waals surface area contributed by atoms with Crippen molar-refractivity contribution < 1.29 is 27.1 Å². The van der Waals surface area contributed by atoms with Crippen molar-refractivity contribution in [3.05, 3.63) is 93.9 Å². The van der Waals surface area contributed by atoms with Crippen molar-refractivity contribution >= 4 is 11.4 Å².